The Bertz CT molecular complexity index is 1450. The molecular weight excluding hydrogens is 491 g/mol. The number of urea groups is 1. The Hall–Kier alpha value is -3.98. The molecule has 1 aliphatic rings. The summed E-state index contributed by atoms with van der Waals surface area (Å²) in [6, 6.07) is 15.8. The van der Waals surface area contributed by atoms with Crippen LogP contribution in [0.3, 0.4) is 0 Å². The molecule has 0 saturated carbocycles. The van der Waals surface area contributed by atoms with Crippen molar-refractivity contribution in [1.29, 1.82) is 0 Å². The van der Waals surface area contributed by atoms with Crippen molar-refractivity contribution in [2.24, 2.45) is 0 Å². The van der Waals surface area contributed by atoms with Gasteiger partial charge in [-0.1, -0.05) is 24.3 Å². The van der Waals surface area contributed by atoms with Crippen LogP contribution in [-0.4, -0.2) is 34.4 Å². The van der Waals surface area contributed by atoms with Gasteiger partial charge in [0.1, 0.15) is 5.75 Å². The molecule has 9 heteroatoms. The molecule has 1 aliphatic heterocycles. The lowest BCUT2D eigenvalue weighted by Gasteiger charge is -2.15. The van der Waals surface area contributed by atoms with Crippen molar-refractivity contribution in [2.75, 3.05) is 11.9 Å². The lowest BCUT2D eigenvalue weighted by Crippen LogP contribution is -2.34. The van der Waals surface area contributed by atoms with Gasteiger partial charge in [-0.3, -0.25) is 9.78 Å². The Morgan fingerprint density at radius 2 is 1.95 bits per heavy atom. The van der Waals surface area contributed by atoms with Crippen LogP contribution in [0.4, 0.5) is 14.9 Å². The fraction of sp³-hybridized carbons (Fsp3) is 0.250. The van der Waals surface area contributed by atoms with Crippen molar-refractivity contribution in [3.8, 4) is 21.9 Å². The second kappa shape index (κ2) is 10.6. The van der Waals surface area contributed by atoms with Crippen molar-refractivity contribution in [2.45, 2.75) is 39.3 Å². The summed E-state index contributed by atoms with van der Waals surface area (Å²) in [4.78, 5) is 31.2. The number of nitrogens with zero attached hydrogens (tertiary/aromatic N) is 2. The Balaban J connectivity index is 1.32. The maximum Gasteiger partial charge on any atom is 0.319 e. The van der Waals surface area contributed by atoms with E-state index < -0.39 is 11.8 Å². The van der Waals surface area contributed by atoms with Crippen LogP contribution in [0.5, 0.6) is 11.5 Å². The van der Waals surface area contributed by atoms with Crippen molar-refractivity contribution >= 4 is 39.2 Å². The van der Waals surface area contributed by atoms with Crippen molar-refractivity contribution in [3.63, 3.8) is 0 Å². The number of benzene rings is 2. The van der Waals surface area contributed by atoms with Crippen molar-refractivity contribution < 1.29 is 18.7 Å². The van der Waals surface area contributed by atoms with Crippen LogP contribution in [-0.2, 0) is 11.3 Å². The highest BCUT2D eigenvalue weighted by atomic mass is 32.1. The number of halogens is 1. The molecule has 2 N–H and O–H groups in total. The number of nitrogens with one attached hydrogen (secondary N) is 2. The molecule has 7 nitrogen and oxygen atoms in total. The van der Waals surface area contributed by atoms with Crippen LogP contribution >= 0.6 is 11.3 Å². The van der Waals surface area contributed by atoms with Gasteiger partial charge in [0.25, 0.3) is 0 Å². The molecular formula is C28H27FN4O3S. The highest BCUT2D eigenvalue weighted by molar-refractivity contribution is 7.22. The first-order chi connectivity index (χ1) is 17.9. The van der Waals surface area contributed by atoms with Gasteiger partial charge in [-0.2, -0.15) is 0 Å². The zero-order valence-electron chi connectivity index (χ0n) is 20.6. The number of pyridine rings is 1. The van der Waals surface area contributed by atoms with Crippen LogP contribution in [0.2, 0.25) is 0 Å². The first kappa shape index (κ1) is 24.7. The van der Waals surface area contributed by atoms with Crippen LogP contribution in [0.25, 0.3) is 20.7 Å². The predicted molar refractivity (Wildman–Crippen MR) is 143 cm³/mol. The third-order valence-electron chi connectivity index (χ3n) is 5.99. The number of aromatic nitrogens is 1. The van der Waals surface area contributed by atoms with Crippen LogP contribution in [0.1, 0.15) is 32.3 Å². The molecule has 0 atom stereocenters. The summed E-state index contributed by atoms with van der Waals surface area (Å²) in [5.74, 6) is 0.183. The molecule has 2 aromatic carbocycles. The summed E-state index contributed by atoms with van der Waals surface area (Å²) in [5.41, 5.74) is 3.22. The standard InChI is InChI=1S/C28H27FN4O3S/c1-17(2)31-28(35)32-20-9-10-23(21(29)14-20)36-24-11-12-30-22-15-25(37-27(22)24)19-7-5-18(6-8-19)16-33-13-3-4-26(33)34/h5-12,14-15,17H,3-4,13,16H2,1-2H3,(H2,31,32,35). The number of anilines is 1. The lowest BCUT2D eigenvalue weighted by atomic mass is 10.1. The van der Waals surface area contributed by atoms with E-state index in [0.717, 1.165) is 39.2 Å². The Morgan fingerprint density at radius 1 is 1.14 bits per heavy atom. The topological polar surface area (TPSA) is 83.6 Å². The Kier molecular flexibility index (Phi) is 7.05. The smallest absolute Gasteiger partial charge is 0.319 e. The monoisotopic (exact) mass is 518 g/mol. The first-order valence-electron chi connectivity index (χ1n) is 12.2. The Labute approximate surface area is 218 Å². The fourth-order valence-corrected chi connectivity index (χ4v) is 5.28. The molecule has 190 valence electrons. The summed E-state index contributed by atoms with van der Waals surface area (Å²) < 4.78 is 21.5. The predicted octanol–water partition coefficient (Wildman–Crippen LogP) is 6.55. The molecule has 1 fully saturated rings. The number of fused-ring (bicyclic) bond motifs is 1. The summed E-state index contributed by atoms with van der Waals surface area (Å²) in [5, 5.41) is 5.31. The Morgan fingerprint density at radius 3 is 2.65 bits per heavy atom. The van der Waals surface area contributed by atoms with E-state index in [1.54, 1.807) is 18.3 Å². The maximum absolute atomic E-state index is 14.8. The van der Waals surface area contributed by atoms with Gasteiger partial charge >= 0.3 is 6.03 Å². The zero-order valence-corrected chi connectivity index (χ0v) is 21.4. The largest absolute Gasteiger partial charge is 0.453 e. The molecule has 37 heavy (non-hydrogen) atoms. The number of ether oxygens (including phenoxy) is 1. The van der Waals surface area contributed by atoms with Crippen LogP contribution < -0.4 is 15.4 Å². The van der Waals surface area contributed by atoms with Crippen molar-refractivity contribution in [1.82, 2.24) is 15.2 Å². The van der Waals surface area contributed by atoms with Gasteiger partial charge < -0.3 is 20.3 Å². The highest BCUT2D eigenvalue weighted by Crippen LogP contribution is 2.39. The molecule has 1 saturated heterocycles. The number of carbonyl (C=O) groups is 2. The lowest BCUT2D eigenvalue weighted by molar-refractivity contribution is -0.128. The molecule has 4 aromatic rings. The first-order valence-corrected chi connectivity index (χ1v) is 13.0. The van der Waals surface area contributed by atoms with Crippen LogP contribution in [0, 0.1) is 5.82 Å². The SMILES string of the molecule is CC(C)NC(=O)Nc1ccc(Oc2ccnc3cc(-c4ccc(CN5CCCC5=O)cc4)sc23)c(F)c1. The number of rotatable bonds is 7. The summed E-state index contributed by atoms with van der Waals surface area (Å²) in [6.07, 6.45) is 3.20. The minimum Gasteiger partial charge on any atom is -0.453 e. The van der Waals surface area contributed by atoms with E-state index in [1.165, 1.54) is 23.5 Å². The van der Waals surface area contributed by atoms with E-state index in [-0.39, 0.29) is 17.7 Å². The zero-order chi connectivity index (χ0) is 25.9. The maximum atomic E-state index is 14.8. The number of hydrogen-bond acceptors (Lipinski definition) is 5. The fourth-order valence-electron chi connectivity index (χ4n) is 4.21. The van der Waals surface area contributed by atoms with E-state index >= 15 is 0 Å². The van der Waals surface area contributed by atoms with E-state index in [4.69, 9.17) is 4.74 Å². The van der Waals surface area contributed by atoms with Crippen molar-refractivity contribution in [3.05, 3.63) is 72.2 Å². The number of likely N-dealkylation sites (tertiary alicyclic amines) is 1. The molecule has 0 bridgehead atoms. The number of amides is 3. The van der Waals surface area contributed by atoms with E-state index in [1.807, 2.05) is 49.1 Å². The van der Waals surface area contributed by atoms with Gasteiger partial charge in [-0.15, -0.1) is 11.3 Å². The van der Waals surface area contributed by atoms with E-state index in [0.29, 0.717) is 24.4 Å². The van der Waals surface area contributed by atoms with Crippen LogP contribution in [0.15, 0.2) is 60.8 Å². The van der Waals surface area contributed by atoms with E-state index in [9.17, 15) is 14.0 Å². The molecule has 5 rings (SSSR count). The van der Waals surface area contributed by atoms with E-state index in [2.05, 4.69) is 15.6 Å². The van der Waals surface area contributed by atoms with Gasteiger partial charge in [-0.25, -0.2) is 9.18 Å². The molecule has 0 unspecified atom stereocenters. The van der Waals surface area contributed by atoms with Gasteiger partial charge in [0, 0.05) is 54.4 Å². The second-order valence-corrected chi connectivity index (χ2v) is 10.3. The van der Waals surface area contributed by atoms with Gasteiger partial charge in [0.15, 0.2) is 11.6 Å². The third-order valence-corrected chi connectivity index (χ3v) is 7.18. The average Bonchev–Trinajstić information content (AvgIpc) is 3.47. The molecule has 2 aromatic heterocycles. The van der Waals surface area contributed by atoms with Gasteiger partial charge in [-0.05, 0) is 49.6 Å². The summed E-state index contributed by atoms with van der Waals surface area (Å²) in [7, 11) is 0. The minimum atomic E-state index is -0.587. The minimum absolute atomic E-state index is 0.0317. The molecule has 0 aliphatic carbocycles. The van der Waals surface area contributed by atoms with Gasteiger partial charge in [0.2, 0.25) is 5.91 Å². The normalized spacial score (nSPS) is 13.4. The third kappa shape index (κ3) is 5.72. The highest BCUT2D eigenvalue weighted by Gasteiger charge is 2.20. The van der Waals surface area contributed by atoms with Gasteiger partial charge in [0.05, 0.1) is 10.2 Å². The molecule has 3 heterocycles. The average molecular weight is 519 g/mol. The number of thiophene rings is 1. The quantitative estimate of drug-likeness (QED) is 0.291. The summed E-state index contributed by atoms with van der Waals surface area (Å²) >= 11 is 1.52. The number of carbonyl (C=O) groups excluding carboxylic acids is 2. The number of hydrogen-bond donors (Lipinski definition) is 2. The second-order valence-electron chi connectivity index (χ2n) is 9.25. The summed E-state index contributed by atoms with van der Waals surface area (Å²) in [6.45, 7) is 5.14. The molecule has 0 spiro atoms. The molecule has 3 amide bonds. The molecule has 0 radical (unpaired) electrons.